The standard InChI is InChI=1S/C24H22BrN3O2/c1-24(2)12-17-20(18(29)13-24)19(14-8-10-15(25)11-9-14)21-22(26-17)27-28(23(21)30)16-6-4-3-5-7-16/h3-11,19,26-27H,12-13H2,1-2H3/t19-/m1/s1. The lowest BCUT2D eigenvalue weighted by atomic mass is 9.69. The summed E-state index contributed by atoms with van der Waals surface area (Å²) in [5.74, 6) is 0.391. The van der Waals surface area contributed by atoms with Crippen molar-refractivity contribution in [3.63, 3.8) is 0 Å². The molecule has 2 N–H and O–H groups in total. The summed E-state index contributed by atoms with van der Waals surface area (Å²) in [7, 11) is 0. The molecular formula is C24H22BrN3O2. The van der Waals surface area contributed by atoms with Gasteiger partial charge in [-0.15, -0.1) is 0 Å². The molecule has 1 aliphatic carbocycles. The van der Waals surface area contributed by atoms with E-state index in [1.807, 2.05) is 54.6 Å². The van der Waals surface area contributed by atoms with Crippen LogP contribution < -0.4 is 10.9 Å². The normalized spacial score (nSPS) is 19.8. The first-order valence-corrected chi connectivity index (χ1v) is 10.8. The maximum atomic E-state index is 13.5. The Bertz CT molecular complexity index is 1230. The van der Waals surface area contributed by atoms with Crippen molar-refractivity contribution >= 4 is 27.5 Å². The van der Waals surface area contributed by atoms with Crippen LogP contribution in [0.5, 0.6) is 0 Å². The van der Waals surface area contributed by atoms with E-state index >= 15 is 0 Å². The molecule has 2 aliphatic rings. The smallest absolute Gasteiger partial charge is 0.277 e. The summed E-state index contributed by atoms with van der Waals surface area (Å²) in [6.45, 7) is 4.22. The van der Waals surface area contributed by atoms with Gasteiger partial charge in [-0.05, 0) is 41.7 Å². The number of benzene rings is 2. The molecule has 0 bridgehead atoms. The summed E-state index contributed by atoms with van der Waals surface area (Å²) in [4.78, 5) is 26.8. The van der Waals surface area contributed by atoms with Crippen LogP contribution in [0.4, 0.5) is 5.82 Å². The lowest BCUT2D eigenvalue weighted by molar-refractivity contribution is -0.118. The molecule has 3 aromatic rings. The van der Waals surface area contributed by atoms with Gasteiger partial charge in [-0.25, -0.2) is 4.68 Å². The summed E-state index contributed by atoms with van der Waals surface area (Å²) >= 11 is 3.48. The fourth-order valence-corrected chi connectivity index (χ4v) is 4.90. The first-order chi connectivity index (χ1) is 14.3. The van der Waals surface area contributed by atoms with Crippen LogP contribution >= 0.6 is 15.9 Å². The lowest BCUT2D eigenvalue weighted by Gasteiger charge is -2.37. The Hall–Kier alpha value is -2.86. The average Bonchev–Trinajstić information content (AvgIpc) is 3.03. The predicted molar refractivity (Wildman–Crippen MR) is 121 cm³/mol. The number of carbonyl (C=O) groups excluding carboxylic acids is 1. The van der Waals surface area contributed by atoms with Gasteiger partial charge in [0.15, 0.2) is 5.78 Å². The number of ketones is 1. The van der Waals surface area contributed by atoms with Crippen molar-refractivity contribution in [2.24, 2.45) is 5.41 Å². The fraction of sp³-hybridized carbons (Fsp3) is 0.250. The summed E-state index contributed by atoms with van der Waals surface area (Å²) in [5.41, 5.74) is 3.68. The number of aromatic amines is 1. The zero-order valence-corrected chi connectivity index (χ0v) is 18.4. The highest BCUT2D eigenvalue weighted by Gasteiger charge is 2.42. The lowest BCUT2D eigenvalue weighted by Crippen LogP contribution is -2.35. The van der Waals surface area contributed by atoms with Gasteiger partial charge in [0.25, 0.3) is 5.56 Å². The number of carbonyl (C=O) groups is 1. The number of nitrogens with zero attached hydrogens (tertiary/aromatic N) is 1. The third-order valence-electron chi connectivity index (χ3n) is 5.92. The molecule has 2 aromatic carbocycles. The third kappa shape index (κ3) is 3.06. The zero-order valence-electron chi connectivity index (χ0n) is 16.8. The Kier molecular flexibility index (Phi) is 4.36. The molecule has 2 heterocycles. The number of fused-ring (bicyclic) bond motifs is 1. The van der Waals surface area contributed by atoms with Gasteiger partial charge in [0.1, 0.15) is 5.82 Å². The van der Waals surface area contributed by atoms with E-state index in [0.29, 0.717) is 17.8 Å². The highest BCUT2D eigenvalue weighted by Crippen LogP contribution is 2.47. The van der Waals surface area contributed by atoms with Crippen LogP contribution in [-0.4, -0.2) is 15.6 Å². The van der Waals surface area contributed by atoms with Gasteiger partial charge in [0.2, 0.25) is 0 Å². The Morgan fingerprint density at radius 2 is 1.70 bits per heavy atom. The summed E-state index contributed by atoms with van der Waals surface area (Å²) < 4.78 is 2.51. The minimum Gasteiger partial charge on any atom is -0.343 e. The number of rotatable bonds is 2. The molecule has 5 nitrogen and oxygen atoms in total. The molecule has 1 atom stereocenters. The number of hydrogen-bond donors (Lipinski definition) is 2. The van der Waals surface area contributed by atoms with Gasteiger partial charge >= 0.3 is 0 Å². The Labute approximate surface area is 182 Å². The molecule has 6 heteroatoms. The van der Waals surface area contributed by atoms with Crippen molar-refractivity contribution in [2.45, 2.75) is 32.6 Å². The minimum atomic E-state index is -0.387. The van der Waals surface area contributed by atoms with E-state index in [9.17, 15) is 9.59 Å². The highest BCUT2D eigenvalue weighted by molar-refractivity contribution is 9.10. The van der Waals surface area contributed by atoms with Crippen molar-refractivity contribution in [3.05, 3.63) is 91.8 Å². The SMILES string of the molecule is CC1(C)CC(=O)C2=C(C1)Nc1[nH]n(-c3ccccc3)c(=O)c1[C@@H]2c1ccc(Br)cc1. The molecule has 1 aromatic heterocycles. The number of allylic oxidation sites excluding steroid dienone is 2. The monoisotopic (exact) mass is 463 g/mol. The van der Waals surface area contributed by atoms with Gasteiger partial charge in [-0.1, -0.05) is 60.1 Å². The molecule has 0 unspecified atom stereocenters. The highest BCUT2D eigenvalue weighted by atomic mass is 79.9. The number of para-hydroxylation sites is 1. The second kappa shape index (κ2) is 6.84. The topological polar surface area (TPSA) is 66.9 Å². The van der Waals surface area contributed by atoms with E-state index in [0.717, 1.165) is 33.4 Å². The number of H-pyrrole nitrogens is 1. The molecule has 30 heavy (non-hydrogen) atoms. The summed E-state index contributed by atoms with van der Waals surface area (Å²) in [6, 6.07) is 17.4. The quantitative estimate of drug-likeness (QED) is 0.553. The second-order valence-corrected chi connectivity index (χ2v) is 9.74. The van der Waals surface area contributed by atoms with Gasteiger partial charge < -0.3 is 5.32 Å². The Balaban J connectivity index is 1.74. The average molecular weight is 464 g/mol. The van der Waals surface area contributed by atoms with E-state index in [1.165, 1.54) is 0 Å². The van der Waals surface area contributed by atoms with Crippen molar-refractivity contribution in [1.29, 1.82) is 0 Å². The second-order valence-electron chi connectivity index (χ2n) is 8.82. The van der Waals surface area contributed by atoms with Crippen LogP contribution in [0.2, 0.25) is 0 Å². The van der Waals surface area contributed by atoms with E-state index < -0.39 is 0 Å². The van der Waals surface area contributed by atoms with Crippen LogP contribution in [-0.2, 0) is 4.79 Å². The van der Waals surface area contributed by atoms with E-state index in [-0.39, 0.29) is 22.7 Å². The first kappa shape index (κ1) is 19.1. The molecule has 0 saturated carbocycles. The van der Waals surface area contributed by atoms with Gasteiger partial charge in [0.05, 0.1) is 11.3 Å². The first-order valence-electron chi connectivity index (χ1n) is 10.0. The van der Waals surface area contributed by atoms with Crippen LogP contribution in [0.25, 0.3) is 5.69 Å². The maximum Gasteiger partial charge on any atom is 0.277 e. The number of nitrogens with one attached hydrogen (secondary N) is 2. The molecular weight excluding hydrogens is 442 g/mol. The summed E-state index contributed by atoms with van der Waals surface area (Å²) in [5, 5.41) is 6.64. The van der Waals surface area contributed by atoms with E-state index in [1.54, 1.807) is 4.68 Å². The fourth-order valence-electron chi connectivity index (χ4n) is 4.64. The molecule has 0 spiro atoms. The van der Waals surface area contributed by atoms with E-state index in [4.69, 9.17) is 0 Å². The number of aromatic nitrogens is 2. The number of halogens is 1. The van der Waals surface area contributed by atoms with Crippen LogP contribution in [0, 0.1) is 5.41 Å². The minimum absolute atomic E-state index is 0.110. The summed E-state index contributed by atoms with van der Waals surface area (Å²) in [6.07, 6.45) is 1.24. The number of hydrogen-bond acceptors (Lipinski definition) is 3. The molecule has 0 amide bonds. The van der Waals surface area contributed by atoms with Crippen LogP contribution in [0.1, 0.15) is 43.7 Å². The Morgan fingerprint density at radius 3 is 2.40 bits per heavy atom. The van der Waals surface area contributed by atoms with Gasteiger partial charge in [0, 0.05) is 28.1 Å². The number of anilines is 1. The molecule has 1 aliphatic heterocycles. The molecule has 0 radical (unpaired) electrons. The molecule has 152 valence electrons. The molecule has 0 fully saturated rings. The molecule has 0 saturated heterocycles. The van der Waals surface area contributed by atoms with Crippen molar-refractivity contribution < 1.29 is 4.79 Å². The van der Waals surface area contributed by atoms with Gasteiger partial charge in [-0.2, -0.15) is 0 Å². The zero-order chi connectivity index (χ0) is 21.0. The molecule has 5 rings (SSSR count). The van der Waals surface area contributed by atoms with Gasteiger partial charge in [-0.3, -0.25) is 14.7 Å². The van der Waals surface area contributed by atoms with Crippen LogP contribution in [0.3, 0.4) is 0 Å². The van der Waals surface area contributed by atoms with Crippen molar-refractivity contribution in [1.82, 2.24) is 9.78 Å². The largest absolute Gasteiger partial charge is 0.343 e. The predicted octanol–water partition coefficient (Wildman–Crippen LogP) is 5.13. The Morgan fingerprint density at radius 1 is 1.00 bits per heavy atom. The van der Waals surface area contributed by atoms with Crippen molar-refractivity contribution in [3.8, 4) is 5.69 Å². The van der Waals surface area contributed by atoms with Crippen LogP contribution in [0.15, 0.2) is 75.1 Å². The van der Waals surface area contributed by atoms with Crippen molar-refractivity contribution in [2.75, 3.05) is 5.32 Å². The maximum absolute atomic E-state index is 13.5. The number of Topliss-reactive ketones (excluding diaryl/α,β-unsaturated/α-hetero) is 1. The third-order valence-corrected chi connectivity index (χ3v) is 6.45. The van der Waals surface area contributed by atoms with E-state index in [2.05, 4.69) is 40.2 Å².